The van der Waals surface area contributed by atoms with Gasteiger partial charge in [0.05, 0.1) is 24.2 Å². The van der Waals surface area contributed by atoms with E-state index >= 15 is 0 Å². The molecule has 3 aliphatic rings. The number of amides is 1. The van der Waals surface area contributed by atoms with Crippen molar-refractivity contribution in [3.05, 3.63) is 22.4 Å². The molecule has 4 rings (SSSR count). The van der Waals surface area contributed by atoms with Gasteiger partial charge in [0.2, 0.25) is 5.91 Å². The van der Waals surface area contributed by atoms with Crippen molar-refractivity contribution in [1.82, 2.24) is 10.2 Å². The summed E-state index contributed by atoms with van der Waals surface area (Å²) in [5.74, 6) is 1.11. The molecule has 4 atom stereocenters. The topological polar surface area (TPSA) is 41.6 Å². The molecule has 24 heavy (non-hydrogen) atoms. The average Bonchev–Trinajstić information content (AvgIpc) is 3.34. The van der Waals surface area contributed by atoms with Crippen LogP contribution in [0.4, 0.5) is 0 Å². The number of piperidine rings is 1. The van der Waals surface area contributed by atoms with E-state index in [1.54, 1.807) is 11.3 Å². The highest BCUT2D eigenvalue weighted by Crippen LogP contribution is 2.39. The van der Waals surface area contributed by atoms with Gasteiger partial charge in [-0.2, -0.15) is 0 Å². The predicted molar refractivity (Wildman–Crippen MR) is 96.0 cm³/mol. The number of hydrogen-bond donors (Lipinski definition) is 1. The van der Waals surface area contributed by atoms with Gasteiger partial charge in [0.15, 0.2) is 0 Å². The van der Waals surface area contributed by atoms with Crippen LogP contribution in [0.15, 0.2) is 17.5 Å². The zero-order valence-corrected chi connectivity index (χ0v) is 15.3. The van der Waals surface area contributed by atoms with E-state index in [9.17, 15) is 4.79 Å². The largest absolute Gasteiger partial charge is 0.374 e. The van der Waals surface area contributed by atoms with Crippen molar-refractivity contribution in [3.8, 4) is 0 Å². The molecule has 5 heteroatoms. The van der Waals surface area contributed by atoms with Crippen LogP contribution in [0.1, 0.15) is 49.9 Å². The lowest BCUT2D eigenvalue weighted by Crippen LogP contribution is -2.44. The molecule has 4 nitrogen and oxygen atoms in total. The number of nitrogens with one attached hydrogen (secondary N) is 1. The first-order valence-corrected chi connectivity index (χ1v) is 10.3. The lowest BCUT2D eigenvalue weighted by Gasteiger charge is -2.36. The second kappa shape index (κ2) is 7.14. The second-order valence-electron chi connectivity index (χ2n) is 7.71. The standard InChI is InChI=1S/C19H28N2O2S/c1-13-6-8-21(9-7-13)16(18-3-2-10-24-18)12-20-19(22)15-11-14-4-5-17(15)23-14/h2-3,10,13-17H,4-9,11-12H2,1H3,(H,20,22)/t14-,15+,16+,17-/m1/s1. The van der Waals surface area contributed by atoms with Crippen molar-refractivity contribution in [2.24, 2.45) is 11.8 Å². The Labute approximate surface area is 148 Å². The zero-order valence-electron chi connectivity index (χ0n) is 14.4. The van der Waals surface area contributed by atoms with Gasteiger partial charge in [-0.05, 0) is 62.6 Å². The third kappa shape index (κ3) is 3.39. The molecule has 1 N–H and O–H groups in total. The van der Waals surface area contributed by atoms with Crippen LogP contribution in [0.2, 0.25) is 0 Å². The summed E-state index contributed by atoms with van der Waals surface area (Å²) in [4.78, 5) is 16.6. The zero-order chi connectivity index (χ0) is 16.5. The molecule has 0 aromatic carbocycles. The fourth-order valence-electron chi connectivity index (χ4n) is 4.47. The maximum Gasteiger partial charge on any atom is 0.225 e. The van der Waals surface area contributed by atoms with Gasteiger partial charge < -0.3 is 10.1 Å². The predicted octanol–water partition coefficient (Wildman–Crippen LogP) is 3.20. The van der Waals surface area contributed by atoms with Gasteiger partial charge in [-0.1, -0.05) is 13.0 Å². The molecule has 4 heterocycles. The van der Waals surface area contributed by atoms with Gasteiger partial charge in [0.1, 0.15) is 0 Å². The minimum Gasteiger partial charge on any atom is -0.374 e. The van der Waals surface area contributed by atoms with Crippen molar-refractivity contribution in [1.29, 1.82) is 0 Å². The van der Waals surface area contributed by atoms with Gasteiger partial charge in [-0.25, -0.2) is 0 Å². The van der Waals surface area contributed by atoms with E-state index in [1.165, 1.54) is 17.7 Å². The monoisotopic (exact) mass is 348 g/mol. The third-order valence-corrected chi connectivity index (χ3v) is 7.02. The number of thiophene rings is 1. The molecular formula is C19H28N2O2S. The number of fused-ring (bicyclic) bond motifs is 2. The summed E-state index contributed by atoms with van der Waals surface area (Å²) < 4.78 is 5.84. The van der Waals surface area contributed by atoms with Crippen molar-refractivity contribution in [2.75, 3.05) is 19.6 Å². The minimum atomic E-state index is 0.0779. The Hall–Kier alpha value is -0.910. The molecule has 0 radical (unpaired) electrons. The first-order valence-electron chi connectivity index (χ1n) is 9.41. The van der Waals surface area contributed by atoms with Crippen LogP contribution in [-0.4, -0.2) is 42.6 Å². The highest BCUT2D eigenvalue weighted by molar-refractivity contribution is 7.10. The van der Waals surface area contributed by atoms with Gasteiger partial charge >= 0.3 is 0 Å². The molecule has 2 bridgehead atoms. The first-order chi connectivity index (χ1) is 11.7. The van der Waals surface area contributed by atoms with Gasteiger partial charge in [0.25, 0.3) is 0 Å². The van der Waals surface area contributed by atoms with Crippen LogP contribution in [0.3, 0.4) is 0 Å². The van der Waals surface area contributed by atoms with Crippen molar-refractivity contribution in [2.45, 2.75) is 57.3 Å². The smallest absolute Gasteiger partial charge is 0.225 e. The highest BCUT2D eigenvalue weighted by atomic mass is 32.1. The molecule has 0 spiro atoms. The number of hydrogen-bond acceptors (Lipinski definition) is 4. The molecule has 0 unspecified atom stereocenters. The molecule has 1 aromatic heterocycles. The Kier molecular flexibility index (Phi) is 4.93. The summed E-state index contributed by atoms with van der Waals surface area (Å²) in [6, 6.07) is 4.65. The highest BCUT2D eigenvalue weighted by Gasteiger charge is 2.44. The van der Waals surface area contributed by atoms with E-state index in [2.05, 4.69) is 34.7 Å². The first kappa shape index (κ1) is 16.6. The van der Waals surface area contributed by atoms with E-state index < -0.39 is 0 Å². The number of likely N-dealkylation sites (tertiary alicyclic amines) is 1. The number of carbonyl (C=O) groups excluding carboxylic acids is 1. The lowest BCUT2D eigenvalue weighted by atomic mass is 9.88. The van der Waals surface area contributed by atoms with Crippen LogP contribution in [0, 0.1) is 11.8 Å². The quantitative estimate of drug-likeness (QED) is 0.888. The van der Waals surface area contributed by atoms with Crippen molar-refractivity contribution >= 4 is 17.2 Å². The van der Waals surface area contributed by atoms with Gasteiger partial charge in [0, 0.05) is 11.4 Å². The van der Waals surface area contributed by atoms with Crippen LogP contribution < -0.4 is 5.32 Å². The molecule has 3 fully saturated rings. The van der Waals surface area contributed by atoms with Crippen LogP contribution >= 0.6 is 11.3 Å². The summed E-state index contributed by atoms with van der Waals surface area (Å²) in [5, 5.41) is 5.39. The SMILES string of the molecule is CC1CCN([C@@H](CNC(=O)[C@H]2C[C@H]3CC[C@H]2O3)c2cccs2)CC1. The number of ether oxygens (including phenoxy) is 1. The molecule has 0 aliphatic carbocycles. The average molecular weight is 349 g/mol. The van der Waals surface area contributed by atoms with E-state index in [4.69, 9.17) is 4.74 Å². The molecule has 132 valence electrons. The molecule has 0 saturated carbocycles. The number of carbonyl (C=O) groups is 1. The lowest BCUT2D eigenvalue weighted by molar-refractivity contribution is -0.126. The van der Waals surface area contributed by atoms with Crippen molar-refractivity contribution in [3.63, 3.8) is 0 Å². The number of nitrogens with zero attached hydrogens (tertiary/aromatic N) is 1. The Balaban J connectivity index is 1.38. The second-order valence-corrected chi connectivity index (χ2v) is 8.69. The van der Waals surface area contributed by atoms with Gasteiger partial charge in [-0.15, -0.1) is 11.3 Å². The van der Waals surface area contributed by atoms with Crippen LogP contribution in [0.5, 0.6) is 0 Å². The molecule has 3 aliphatic heterocycles. The molecule has 3 saturated heterocycles. The van der Waals surface area contributed by atoms with E-state index in [-0.39, 0.29) is 17.9 Å². The fourth-order valence-corrected chi connectivity index (χ4v) is 5.33. The Morgan fingerprint density at radius 1 is 1.38 bits per heavy atom. The summed E-state index contributed by atoms with van der Waals surface area (Å²) in [5.41, 5.74) is 0. The fraction of sp³-hybridized carbons (Fsp3) is 0.737. The molecule has 1 aromatic rings. The third-order valence-electron chi connectivity index (χ3n) is 6.04. The van der Waals surface area contributed by atoms with Crippen LogP contribution in [-0.2, 0) is 9.53 Å². The Morgan fingerprint density at radius 2 is 2.21 bits per heavy atom. The molecular weight excluding hydrogens is 320 g/mol. The van der Waals surface area contributed by atoms with E-state index in [1.807, 2.05) is 0 Å². The maximum atomic E-state index is 12.6. The van der Waals surface area contributed by atoms with Crippen molar-refractivity contribution < 1.29 is 9.53 Å². The summed E-state index contributed by atoms with van der Waals surface area (Å²) in [6.45, 7) is 5.34. The van der Waals surface area contributed by atoms with Crippen LogP contribution in [0.25, 0.3) is 0 Å². The number of rotatable bonds is 5. The summed E-state index contributed by atoms with van der Waals surface area (Å²) >= 11 is 1.80. The maximum absolute atomic E-state index is 12.6. The molecule has 1 amide bonds. The normalized spacial score (nSPS) is 32.1. The van der Waals surface area contributed by atoms with E-state index in [0.717, 1.165) is 44.8 Å². The summed E-state index contributed by atoms with van der Waals surface area (Å²) in [6.07, 6.45) is 6.14. The summed E-state index contributed by atoms with van der Waals surface area (Å²) in [7, 11) is 0. The van der Waals surface area contributed by atoms with E-state index in [0.29, 0.717) is 12.1 Å². The van der Waals surface area contributed by atoms with Gasteiger partial charge in [-0.3, -0.25) is 9.69 Å². The Morgan fingerprint density at radius 3 is 2.83 bits per heavy atom. The minimum absolute atomic E-state index is 0.0779. The Bertz CT molecular complexity index is 554.